The number of hydrogen-bond acceptors (Lipinski definition) is 4. The van der Waals surface area contributed by atoms with Gasteiger partial charge in [0.05, 0.1) is 11.4 Å². The van der Waals surface area contributed by atoms with E-state index in [1.807, 2.05) is 12.1 Å². The molecular weight excluding hydrogens is 296 g/mol. The van der Waals surface area contributed by atoms with Crippen LogP contribution in [-0.2, 0) is 0 Å². The SMILES string of the molecule is CCNCCN(CC)C1=Nc2ccccc2Nc2cc(C)ccc21. The average Bonchev–Trinajstić information content (AvgIpc) is 2.75. The van der Waals surface area contributed by atoms with Crippen molar-refractivity contribution in [2.75, 3.05) is 31.5 Å². The molecule has 0 saturated heterocycles. The molecule has 0 spiro atoms. The number of fused-ring (bicyclic) bond motifs is 2. The highest BCUT2D eigenvalue weighted by Gasteiger charge is 2.20. The summed E-state index contributed by atoms with van der Waals surface area (Å²) in [6, 6.07) is 14.8. The predicted molar refractivity (Wildman–Crippen MR) is 103 cm³/mol. The third-order valence-electron chi connectivity index (χ3n) is 4.31. The zero-order valence-corrected chi connectivity index (χ0v) is 14.8. The summed E-state index contributed by atoms with van der Waals surface area (Å²) in [6.45, 7) is 10.3. The average molecular weight is 322 g/mol. The maximum atomic E-state index is 5.01. The first-order valence-corrected chi connectivity index (χ1v) is 8.74. The predicted octanol–water partition coefficient (Wildman–Crippen LogP) is 4.06. The van der Waals surface area contributed by atoms with Crippen molar-refractivity contribution in [3.05, 3.63) is 53.6 Å². The highest BCUT2D eigenvalue weighted by Crippen LogP contribution is 2.34. The van der Waals surface area contributed by atoms with Crippen LogP contribution in [0.4, 0.5) is 17.1 Å². The Morgan fingerprint density at radius 2 is 1.92 bits per heavy atom. The molecule has 0 atom stereocenters. The van der Waals surface area contributed by atoms with Crippen LogP contribution in [0.1, 0.15) is 25.0 Å². The molecule has 4 heteroatoms. The van der Waals surface area contributed by atoms with Crippen molar-refractivity contribution in [1.29, 1.82) is 0 Å². The molecule has 0 unspecified atom stereocenters. The van der Waals surface area contributed by atoms with Crippen molar-refractivity contribution in [2.24, 2.45) is 4.99 Å². The topological polar surface area (TPSA) is 39.7 Å². The van der Waals surface area contributed by atoms with Gasteiger partial charge in [0, 0.05) is 30.9 Å². The summed E-state index contributed by atoms with van der Waals surface area (Å²) in [6.07, 6.45) is 0. The second-order valence-corrected chi connectivity index (χ2v) is 6.06. The molecule has 1 heterocycles. The minimum Gasteiger partial charge on any atom is -0.355 e. The number of likely N-dealkylation sites (N-methyl/N-ethyl adjacent to an activating group) is 2. The number of nitrogens with zero attached hydrogens (tertiary/aromatic N) is 2. The van der Waals surface area contributed by atoms with Gasteiger partial charge in [-0.3, -0.25) is 0 Å². The summed E-state index contributed by atoms with van der Waals surface area (Å²) in [5.41, 5.74) is 5.58. The van der Waals surface area contributed by atoms with Crippen molar-refractivity contribution in [3.8, 4) is 0 Å². The molecule has 126 valence electrons. The van der Waals surface area contributed by atoms with Crippen molar-refractivity contribution >= 4 is 22.9 Å². The van der Waals surface area contributed by atoms with Crippen LogP contribution in [0.15, 0.2) is 47.5 Å². The van der Waals surface area contributed by atoms with E-state index in [1.54, 1.807) is 0 Å². The number of nitrogens with one attached hydrogen (secondary N) is 2. The maximum Gasteiger partial charge on any atom is 0.138 e. The number of anilines is 2. The molecule has 0 amide bonds. The van der Waals surface area contributed by atoms with Crippen LogP contribution in [0, 0.1) is 6.92 Å². The molecule has 1 aliphatic heterocycles. The van der Waals surface area contributed by atoms with E-state index in [1.165, 1.54) is 5.56 Å². The number of aliphatic imine (C=N–C) groups is 1. The Hall–Kier alpha value is -2.33. The van der Waals surface area contributed by atoms with Crippen LogP contribution in [0.25, 0.3) is 0 Å². The number of hydrogen-bond donors (Lipinski definition) is 2. The lowest BCUT2D eigenvalue weighted by atomic mass is 10.1. The summed E-state index contributed by atoms with van der Waals surface area (Å²) >= 11 is 0. The fourth-order valence-electron chi connectivity index (χ4n) is 3.00. The summed E-state index contributed by atoms with van der Waals surface area (Å²) in [5, 5.41) is 6.97. The lowest BCUT2D eigenvalue weighted by molar-refractivity contribution is 0.433. The van der Waals surface area contributed by atoms with E-state index < -0.39 is 0 Å². The second-order valence-electron chi connectivity index (χ2n) is 6.06. The van der Waals surface area contributed by atoms with Crippen molar-refractivity contribution in [1.82, 2.24) is 10.2 Å². The summed E-state index contributed by atoms with van der Waals surface area (Å²) in [4.78, 5) is 7.36. The molecule has 0 bridgehead atoms. The van der Waals surface area contributed by atoms with E-state index in [9.17, 15) is 0 Å². The number of benzene rings is 2. The van der Waals surface area contributed by atoms with E-state index in [0.29, 0.717) is 0 Å². The Labute approximate surface area is 144 Å². The molecule has 0 radical (unpaired) electrons. The van der Waals surface area contributed by atoms with Gasteiger partial charge in [0.15, 0.2) is 0 Å². The molecule has 0 saturated carbocycles. The smallest absolute Gasteiger partial charge is 0.138 e. The summed E-state index contributed by atoms with van der Waals surface area (Å²) < 4.78 is 0. The van der Waals surface area contributed by atoms with Crippen molar-refractivity contribution < 1.29 is 0 Å². The zero-order valence-electron chi connectivity index (χ0n) is 14.8. The molecule has 3 rings (SSSR count). The molecule has 24 heavy (non-hydrogen) atoms. The number of rotatable bonds is 5. The number of aryl methyl sites for hydroxylation is 1. The van der Waals surface area contributed by atoms with E-state index in [2.05, 4.69) is 66.6 Å². The standard InChI is InChI=1S/C20H26N4/c1-4-21-12-13-24(5-2)20-16-11-10-15(3)14-19(16)22-17-8-6-7-9-18(17)23-20/h6-11,14,21-22H,4-5,12-13H2,1-3H3. The highest BCUT2D eigenvalue weighted by atomic mass is 15.2. The molecule has 0 aromatic heterocycles. The monoisotopic (exact) mass is 322 g/mol. The number of para-hydroxylation sites is 2. The van der Waals surface area contributed by atoms with Crippen LogP contribution in [-0.4, -0.2) is 36.9 Å². The van der Waals surface area contributed by atoms with Crippen LogP contribution in [0.5, 0.6) is 0 Å². The first-order chi connectivity index (χ1) is 11.7. The van der Waals surface area contributed by atoms with Crippen molar-refractivity contribution in [2.45, 2.75) is 20.8 Å². The Morgan fingerprint density at radius 1 is 1.08 bits per heavy atom. The van der Waals surface area contributed by atoms with Gasteiger partial charge >= 0.3 is 0 Å². The molecule has 0 fully saturated rings. The van der Waals surface area contributed by atoms with Crippen LogP contribution < -0.4 is 10.6 Å². The lowest BCUT2D eigenvalue weighted by Gasteiger charge is -2.25. The second kappa shape index (κ2) is 7.49. The third-order valence-corrected chi connectivity index (χ3v) is 4.31. The zero-order chi connectivity index (χ0) is 16.9. The maximum absolute atomic E-state index is 5.01. The fraction of sp³-hybridized carbons (Fsp3) is 0.350. The van der Waals surface area contributed by atoms with Gasteiger partial charge in [0.1, 0.15) is 5.84 Å². The molecule has 1 aliphatic rings. The van der Waals surface area contributed by atoms with Gasteiger partial charge in [-0.15, -0.1) is 0 Å². The van der Waals surface area contributed by atoms with Crippen LogP contribution in [0.3, 0.4) is 0 Å². The van der Waals surface area contributed by atoms with Gasteiger partial charge in [-0.25, -0.2) is 4.99 Å². The van der Waals surface area contributed by atoms with E-state index in [-0.39, 0.29) is 0 Å². The van der Waals surface area contributed by atoms with Gasteiger partial charge < -0.3 is 15.5 Å². The molecule has 4 nitrogen and oxygen atoms in total. The van der Waals surface area contributed by atoms with Gasteiger partial charge in [-0.2, -0.15) is 0 Å². The molecule has 2 N–H and O–H groups in total. The van der Waals surface area contributed by atoms with Gasteiger partial charge in [0.2, 0.25) is 0 Å². The minimum atomic E-state index is 0.930. The third kappa shape index (κ3) is 3.44. The van der Waals surface area contributed by atoms with E-state index in [4.69, 9.17) is 4.99 Å². The van der Waals surface area contributed by atoms with Gasteiger partial charge in [-0.05, 0) is 50.2 Å². The largest absolute Gasteiger partial charge is 0.355 e. The molecular formula is C20H26N4. The minimum absolute atomic E-state index is 0.930. The summed E-state index contributed by atoms with van der Waals surface area (Å²) in [7, 11) is 0. The quantitative estimate of drug-likeness (QED) is 0.816. The first-order valence-electron chi connectivity index (χ1n) is 8.74. The Bertz CT molecular complexity index is 736. The van der Waals surface area contributed by atoms with E-state index >= 15 is 0 Å². The van der Waals surface area contributed by atoms with Gasteiger partial charge in [0.25, 0.3) is 0 Å². The highest BCUT2D eigenvalue weighted by molar-refractivity contribution is 6.07. The Balaban J connectivity index is 2.06. The normalized spacial score (nSPS) is 12.5. The molecule has 0 aliphatic carbocycles. The fourth-order valence-corrected chi connectivity index (χ4v) is 3.00. The van der Waals surface area contributed by atoms with Crippen LogP contribution in [0.2, 0.25) is 0 Å². The first kappa shape index (κ1) is 16.5. The number of amidine groups is 1. The van der Waals surface area contributed by atoms with E-state index in [0.717, 1.165) is 54.6 Å². The molecule has 2 aromatic rings. The van der Waals surface area contributed by atoms with Crippen molar-refractivity contribution in [3.63, 3.8) is 0 Å². The van der Waals surface area contributed by atoms with Crippen LogP contribution >= 0.6 is 0 Å². The Morgan fingerprint density at radius 3 is 2.71 bits per heavy atom. The Kier molecular flexibility index (Phi) is 5.16. The molecule has 2 aromatic carbocycles. The lowest BCUT2D eigenvalue weighted by Crippen LogP contribution is -2.37. The summed E-state index contributed by atoms with van der Waals surface area (Å²) in [5.74, 6) is 1.04. The van der Waals surface area contributed by atoms with Gasteiger partial charge in [-0.1, -0.05) is 25.1 Å².